The molecule has 89 heavy (non-hydrogen) atoms. The Morgan fingerprint density at radius 1 is 0.584 bits per heavy atom. The maximum Gasteiger partial charge on any atom is 0.326 e. The maximum atomic E-state index is 14.4. The molecule has 0 aliphatic carbocycles. The molecule has 32 nitrogen and oxygen atoms in total. The predicted molar refractivity (Wildman–Crippen MR) is 328 cm³/mol. The summed E-state index contributed by atoms with van der Waals surface area (Å²) in [6, 6.07) is 5.02. The molecule has 490 valence electrons. The number of nitrogens with two attached hydrogens (primary N) is 7. The smallest absolute Gasteiger partial charge is 0.326 e. The zero-order chi connectivity index (χ0) is 65.7. The summed E-state index contributed by atoms with van der Waals surface area (Å²) in [5.41, 5.74) is 39.8. The van der Waals surface area contributed by atoms with Gasteiger partial charge in [0.2, 0.25) is 53.2 Å². The molecule has 2 aromatic rings. The van der Waals surface area contributed by atoms with Crippen LogP contribution in [-0.4, -0.2) is 208 Å². The quantitative estimate of drug-likeness (QED) is 0.0172. The minimum Gasteiger partial charge on any atom is -0.480 e. The summed E-state index contributed by atoms with van der Waals surface area (Å²) in [7, 11) is 0. The molecule has 2 aliphatic rings. The summed E-state index contributed by atoms with van der Waals surface area (Å²) in [4.78, 5) is 152. The zero-order valence-electron chi connectivity index (χ0n) is 50.3. The van der Waals surface area contributed by atoms with Crippen molar-refractivity contribution in [3.63, 3.8) is 0 Å². The van der Waals surface area contributed by atoms with Gasteiger partial charge in [0, 0.05) is 52.0 Å². The Balaban J connectivity index is 1.47. The number of nitrogens with one attached hydrogen (secondary N) is 7. The normalized spacial score (nSPS) is 17.6. The maximum absolute atomic E-state index is 14.4. The van der Waals surface area contributed by atoms with Crippen molar-refractivity contribution in [2.45, 2.75) is 151 Å². The van der Waals surface area contributed by atoms with E-state index in [1.165, 1.54) is 4.90 Å². The van der Waals surface area contributed by atoms with Crippen LogP contribution in [-0.2, 0) is 60.8 Å². The van der Waals surface area contributed by atoms with Crippen molar-refractivity contribution in [3.05, 3.63) is 71.8 Å². The fourth-order valence-corrected chi connectivity index (χ4v) is 10.1. The molecular formula is C57H89N19O13. The van der Waals surface area contributed by atoms with Crippen LogP contribution in [0.5, 0.6) is 0 Å². The van der Waals surface area contributed by atoms with Gasteiger partial charge in [-0.05, 0) is 74.8 Å². The number of carbonyl (C=O) groups excluding carboxylic acids is 9. The minimum atomic E-state index is -1.73. The number of aliphatic carboxylic acids is 1. The number of likely N-dealkylation sites (tertiary alicyclic amines) is 2. The zero-order valence-corrected chi connectivity index (χ0v) is 50.3. The second-order valence-electron chi connectivity index (χ2n) is 22.2. The fourth-order valence-electron chi connectivity index (χ4n) is 10.1. The van der Waals surface area contributed by atoms with E-state index in [-0.39, 0.29) is 121 Å². The van der Waals surface area contributed by atoms with Crippen molar-refractivity contribution < 1.29 is 63.3 Å². The largest absolute Gasteiger partial charge is 0.480 e. The van der Waals surface area contributed by atoms with Crippen molar-refractivity contribution in [1.29, 1.82) is 0 Å². The number of aliphatic hydroxyl groups is 2. The number of amides is 9. The Kier molecular flexibility index (Phi) is 29.9. The third-order valence-corrected chi connectivity index (χ3v) is 14.5. The lowest BCUT2D eigenvalue weighted by Gasteiger charge is -2.33. The number of nitrogens with zero attached hydrogens (tertiary/aromatic N) is 5. The number of hydrogen-bond donors (Lipinski definition) is 17. The molecular weight excluding hydrogens is 1160 g/mol. The van der Waals surface area contributed by atoms with Gasteiger partial charge in [-0.1, -0.05) is 74.5 Å². The molecule has 4 rings (SSSR count). The van der Waals surface area contributed by atoms with Gasteiger partial charge >= 0.3 is 5.97 Å². The third kappa shape index (κ3) is 24.9. The minimum absolute atomic E-state index is 0.0438. The van der Waals surface area contributed by atoms with Crippen LogP contribution in [0.25, 0.3) is 0 Å². The lowest BCUT2D eigenvalue weighted by molar-refractivity contribution is -0.148. The Bertz CT molecular complexity index is 2800. The van der Waals surface area contributed by atoms with Gasteiger partial charge in [0.05, 0.1) is 25.3 Å². The lowest BCUT2D eigenvalue weighted by atomic mass is 10.00. The van der Waals surface area contributed by atoms with Crippen LogP contribution in [0.2, 0.25) is 0 Å². The van der Waals surface area contributed by atoms with Crippen LogP contribution in [0.4, 0.5) is 0 Å². The van der Waals surface area contributed by atoms with E-state index in [0.717, 1.165) is 4.90 Å². The molecule has 0 aromatic heterocycles. The molecule has 0 saturated carbocycles. The number of hydrogen-bond acceptors (Lipinski definition) is 16. The number of aliphatic hydroxyl groups excluding tert-OH is 2. The number of carboxylic acid groups (broad SMARTS) is 1. The Morgan fingerprint density at radius 3 is 1.56 bits per heavy atom. The van der Waals surface area contributed by atoms with Crippen molar-refractivity contribution in [2.75, 3.05) is 45.9 Å². The topological polar surface area (TPSA) is 541 Å². The monoisotopic (exact) mass is 1250 g/mol. The Morgan fingerprint density at radius 2 is 1.04 bits per heavy atom. The highest BCUT2D eigenvalue weighted by atomic mass is 16.4. The first-order valence-electron chi connectivity index (χ1n) is 29.5. The second-order valence-corrected chi connectivity index (χ2v) is 22.2. The highest BCUT2D eigenvalue weighted by Crippen LogP contribution is 2.27. The molecule has 0 radical (unpaired) electrons. The van der Waals surface area contributed by atoms with Crippen molar-refractivity contribution in [1.82, 2.24) is 47.0 Å². The molecule has 24 N–H and O–H groups in total. The number of rotatable bonds is 36. The highest BCUT2D eigenvalue weighted by molar-refractivity contribution is 5.98. The summed E-state index contributed by atoms with van der Waals surface area (Å²) in [6.45, 7) is 2.08. The second kappa shape index (κ2) is 36.9. The van der Waals surface area contributed by atoms with Crippen LogP contribution in [0.1, 0.15) is 89.2 Å². The molecule has 0 bridgehead atoms. The molecule has 9 amide bonds. The van der Waals surface area contributed by atoms with E-state index >= 15 is 0 Å². The standard InChI is InChI=1S/C57H89N19O13/c1-32(2)25-39(47(81)71-38(54(88)89)19-11-23-67-57(63)64)72-49(83)41(27-34-15-7-4-8-16-34)73-50(84)42(31-77)74-48(82)40(26-33-13-5-3-6-14-33)69-45(79)29-68-51(85)44-28-35(78)30-76(44)53(87)43-20-12-24-75(43)52(86)37(18-10-22-66-56(61)62)70-46(80)36(58)17-9-21-65-55(59)60/h3-8,13-16,32,35-44,77-78H,9-12,17-31,58H2,1-2H3,(H,68,85)(H,69,79)(H,70,80)(H,71,81)(H,72,83)(H,73,84)(H,74,82)(H,88,89)(H4,59,60,65)(H4,61,62,66)(H4,63,64,67)/t35?,36-,37+,38+,39+,40+,41-,42+,43+,44+/m1/s1. The molecule has 2 saturated heterocycles. The van der Waals surface area contributed by atoms with E-state index in [9.17, 15) is 63.3 Å². The van der Waals surface area contributed by atoms with Crippen LogP contribution < -0.4 is 77.4 Å². The molecule has 0 spiro atoms. The van der Waals surface area contributed by atoms with Gasteiger partial charge in [0.1, 0.15) is 48.3 Å². The van der Waals surface area contributed by atoms with E-state index in [0.29, 0.717) is 24.0 Å². The number of β-amino-alcohol motifs (C(OH)–C–C–N with tert-alkyl or cyclic N) is 1. The van der Waals surface area contributed by atoms with Crippen molar-refractivity contribution in [2.24, 2.45) is 61.0 Å². The van der Waals surface area contributed by atoms with Crippen LogP contribution in [0, 0.1) is 5.92 Å². The first-order chi connectivity index (χ1) is 42.3. The lowest BCUT2D eigenvalue weighted by Crippen LogP contribution is -2.60. The average Bonchev–Trinajstić information content (AvgIpc) is 2.26. The molecule has 2 aliphatic heterocycles. The van der Waals surface area contributed by atoms with Crippen LogP contribution in [0.15, 0.2) is 75.6 Å². The van der Waals surface area contributed by atoms with E-state index in [1.54, 1.807) is 74.5 Å². The number of carboxylic acids is 1. The first kappa shape index (κ1) is 72.3. The van der Waals surface area contributed by atoms with E-state index in [4.69, 9.17) is 40.1 Å². The van der Waals surface area contributed by atoms with Gasteiger partial charge in [0.25, 0.3) is 0 Å². The molecule has 10 atom stereocenters. The van der Waals surface area contributed by atoms with Gasteiger partial charge in [-0.2, -0.15) is 0 Å². The third-order valence-electron chi connectivity index (χ3n) is 14.5. The van der Waals surface area contributed by atoms with Gasteiger partial charge in [-0.15, -0.1) is 0 Å². The van der Waals surface area contributed by atoms with Gasteiger partial charge < -0.3 is 102 Å². The van der Waals surface area contributed by atoms with Gasteiger partial charge in [0.15, 0.2) is 17.9 Å². The summed E-state index contributed by atoms with van der Waals surface area (Å²) >= 11 is 0. The van der Waals surface area contributed by atoms with E-state index in [1.807, 2.05) is 0 Å². The summed E-state index contributed by atoms with van der Waals surface area (Å²) < 4.78 is 0. The van der Waals surface area contributed by atoms with Gasteiger partial charge in [-0.3, -0.25) is 58.1 Å². The molecule has 32 heteroatoms. The molecule has 2 fully saturated rings. The molecule has 1 unspecified atom stereocenters. The molecule has 2 heterocycles. The van der Waals surface area contributed by atoms with E-state index in [2.05, 4.69) is 52.2 Å². The molecule has 2 aromatic carbocycles. The van der Waals surface area contributed by atoms with Crippen molar-refractivity contribution >= 4 is 77.0 Å². The summed E-state index contributed by atoms with van der Waals surface area (Å²) in [5, 5.41) is 49.1. The predicted octanol–water partition coefficient (Wildman–Crippen LogP) is -5.94. The highest BCUT2D eigenvalue weighted by Gasteiger charge is 2.46. The number of aliphatic imine (C=N–C) groups is 3. The van der Waals surface area contributed by atoms with Crippen molar-refractivity contribution in [3.8, 4) is 0 Å². The van der Waals surface area contributed by atoms with Crippen LogP contribution >= 0.6 is 0 Å². The first-order valence-corrected chi connectivity index (χ1v) is 29.5. The number of benzene rings is 2. The average molecular weight is 1250 g/mol. The number of guanidine groups is 3. The van der Waals surface area contributed by atoms with E-state index < -0.39 is 133 Å². The Labute approximate surface area is 515 Å². The van der Waals surface area contributed by atoms with Crippen LogP contribution in [0.3, 0.4) is 0 Å². The number of carbonyl (C=O) groups is 10. The van der Waals surface area contributed by atoms with Gasteiger partial charge in [-0.25, -0.2) is 4.79 Å². The SMILES string of the molecule is CC(C)C[C@H](NC(=O)[C@@H](Cc1ccccc1)NC(=O)[C@H](CO)NC(=O)[C@H](Cc1ccccc1)NC(=O)CNC(=O)[C@@H]1CC(O)CN1C(=O)[C@@H]1CCCN1C(=O)[C@H](CCCN=C(N)N)NC(=O)[C@H](N)CCCN=C(N)N)C(=O)N[C@@H](CCCN=C(N)N)C(=O)O. The summed E-state index contributed by atoms with van der Waals surface area (Å²) in [5.74, 6) is -9.32. The fraction of sp³-hybridized carbons (Fsp3) is 0.561. The Hall–Kier alpha value is -9.17. The summed E-state index contributed by atoms with van der Waals surface area (Å²) in [6.07, 6.45) is -0.0570.